The first-order chi connectivity index (χ1) is 8.22. The van der Waals surface area contributed by atoms with E-state index in [1.165, 1.54) is 6.20 Å². The van der Waals surface area contributed by atoms with Crippen molar-refractivity contribution in [1.82, 2.24) is 15.7 Å². The smallest absolute Gasteiger partial charge is 0.345 e. The van der Waals surface area contributed by atoms with Crippen LogP contribution in [-0.2, 0) is 4.79 Å². The molecule has 1 aromatic heterocycles. The Balaban J connectivity index is 2.20. The van der Waals surface area contributed by atoms with Crippen molar-refractivity contribution in [3.8, 4) is 0 Å². The van der Waals surface area contributed by atoms with Gasteiger partial charge in [-0.05, 0) is 11.3 Å². The predicted molar refractivity (Wildman–Crippen MR) is 60.8 cm³/mol. The lowest BCUT2D eigenvalue weighted by atomic mass is 10.6. The van der Waals surface area contributed by atoms with Gasteiger partial charge in [-0.2, -0.15) is 0 Å². The molecule has 0 unspecified atom stereocenters. The van der Waals surface area contributed by atoms with E-state index in [1.807, 2.05) is 0 Å². The number of amides is 1. The van der Waals surface area contributed by atoms with Crippen molar-refractivity contribution in [2.45, 2.75) is 0 Å². The highest BCUT2D eigenvalue weighted by Crippen LogP contribution is 2.28. The van der Waals surface area contributed by atoms with Gasteiger partial charge in [0.05, 0.1) is 4.92 Å². The molecule has 1 saturated heterocycles. The van der Waals surface area contributed by atoms with Crippen LogP contribution in [0.2, 0.25) is 0 Å². The standard InChI is InChI=1S/C7H8N6O3S/c14-4-10-11-6-8-1-2-12(6)7-9-3-5(17-7)13(15)16/h3-4H,1-2H2,(H,8,11)(H,10,14). The van der Waals surface area contributed by atoms with Crippen LogP contribution in [0.15, 0.2) is 11.3 Å². The number of hydrazone groups is 1. The lowest BCUT2D eigenvalue weighted by molar-refractivity contribution is -0.380. The second-order valence-corrected chi connectivity index (χ2v) is 3.99. The molecule has 1 amide bonds. The molecular formula is C7H8N6O3S. The summed E-state index contributed by atoms with van der Waals surface area (Å²) in [6.45, 7) is 1.22. The SMILES string of the molecule is O=CNN=C1NCCN1c1ncc([N+](=O)[O-])s1. The second kappa shape index (κ2) is 4.74. The predicted octanol–water partition coefficient (Wildman–Crippen LogP) is -0.522. The van der Waals surface area contributed by atoms with E-state index >= 15 is 0 Å². The van der Waals surface area contributed by atoms with Gasteiger partial charge < -0.3 is 5.32 Å². The van der Waals surface area contributed by atoms with Gasteiger partial charge in [-0.25, -0.2) is 10.4 Å². The van der Waals surface area contributed by atoms with Crippen molar-refractivity contribution in [1.29, 1.82) is 0 Å². The van der Waals surface area contributed by atoms with Gasteiger partial charge in [0.2, 0.25) is 12.4 Å². The quantitative estimate of drug-likeness (QED) is 0.425. The zero-order valence-electron chi connectivity index (χ0n) is 8.49. The van der Waals surface area contributed by atoms with Crippen molar-refractivity contribution in [2.75, 3.05) is 18.0 Å². The van der Waals surface area contributed by atoms with Gasteiger partial charge in [-0.15, -0.1) is 5.10 Å². The average Bonchev–Trinajstić information content (AvgIpc) is 2.94. The highest BCUT2D eigenvalue weighted by atomic mass is 32.1. The minimum Gasteiger partial charge on any atom is -0.353 e. The monoisotopic (exact) mass is 256 g/mol. The van der Waals surface area contributed by atoms with Gasteiger partial charge in [-0.1, -0.05) is 0 Å². The average molecular weight is 256 g/mol. The molecule has 2 N–H and O–H groups in total. The third kappa shape index (κ3) is 2.30. The largest absolute Gasteiger partial charge is 0.353 e. The third-order valence-corrected chi connectivity index (χ3v) is 2.96. The minimum atomic E-state index is -0.495. The Morgan fingerprint density at radius 1 is 1.76 bits per heavy atom. The Hall–Kier alpha value is -2.23. The molecule has 0 atom stereocenters. The Kier molecular flexibility index (Phi) is 3.14. The molecule has 1 aliphatic rings. The molecule has 0 aliphatic carbocycles. The maximum atomic E-state index is 10.5. The van der Waals surface area contributed by atoms with Gasteiger partial charge in [0.15, 0.2) is 5.13 Å². The Morgan fingerprint density at radius 3 is 3.24 bits per heavy atom. The number of carbonyl (C=O) groups excluding carboxylic acids is 1. The summed E-state index contributed by atoms with van der Waals surface area (Å²) >= 11 is 0.954. The van der Waals surface area contributed by atoms with Crippen molar-refractivity contribution >= 4 is 33.8 Å². The van der Waals surface area contributed by atoms with Gasteiger partial charge in [0, 0.05) is 13.1 Å². The van der Waals surface area contributed by atoms with Crippen molar-refractivity contribution in [3.05, 3.63) is 16.3 Å². The maximum absolute atomic E-state index is 10.5. The maximum Gasteiger partial charge on any atom is 0.345 e. The number of thiazole rings is 1. The van der Waals surface area contributed by atoms with Crippen LogP contribution in [0.4, 0.5) is 10.1 Å². The molecule has 10 heteroatoms. The summed E-state index contributed by atoms with van der Waals surface area (Å²) in [6, 6.07) is 0. The molecule has 17 heavy (non-hydrogen) atoms. The summed E-state index contributed by atoms with van der Waals surface area (Å²) in [5, 5.41) is 17.7. The minimum absolute atomic E-state index is 0.0328. The molecule has 1 aliphatic heterocycles. The van der Waals surface area contributed by atoms with Crippen LogP contribution in [0.5, 0.6) is 0 Å². The zero-order valence-corrected chi connectivity index (χ0v) is 9.31. The van der Waals surface area contributed by atoms with E-state index in [0.717, 1.165) is 11.3 Å². The van der Waals surface area contributed by atoms with Gasteiger partial charge in [-0.3, -0.25) is 19.8 Å². The Morgan fingerprint density at radius 2 is 2.59 bits per heavy atom. The molecule has 0 aromatic carbocycles. The molecular weight excluding hydrogens is 248 g/mol. The number of nitrogens with zero attached hydrogens (tertiary/aromatic N) is 4. The number of aromatic nitrogens is 1. The van der Waals surface area contributed by atoms with Crippen LogP contribution in [-0.4, -0.2) is 35.4 Å². The highest BCUT2D eigenvalue weighted by molar-refractivity contribution is 7.18. The van der Waals surface area contributed by atoms with Crippen molar-refractivity contribution in [2.24, 2.45) is 5.10 Å². The third-order valence-electron chi connectivity index (χ3n) is 1.99. The summed E-state index contributed by atoms with van der Waals surface area (Å²) in [7, 11) is 0. The number of carbonyl (C=O) groups is 1. The van der Waals surface area contributed by atoms with Gasteiger partial charge >= 0.3 is 5.00 Å². The van der Waals surface area contributed by atoms with Crippen LogP contribution in [0.25, 0.3) is 0 Å². The number of guanidine groups is 1. The summed E-state index contributed by atoms with van der Waals surface area (Å²) in [5.41, 5.74) is 2.17. The number of anilines is 1. The lowest BCUT2D eigenvalue weighted by Gasteiger charge is -2.12. The first-order valence-corrected chi connectivity index (χ1v) is 5.42. The fourth-order valence-electron chi connectivity index (χ4n) is 1.32. The molecule has 0 radical (unpaired) electrons. The van der Waals surface area contributed by atoms with E-state index in [4.69, 9.17) is 0 Å². The first-order valence-electron chi connectivity index (χ1n) is 4.61. The van der Waals surface area contributed by atoms with Crippen LogP contribution >= 0.6 is 11.3 Å². The van der Waals surface area contributed by atoms with Crippen LogP contribution in [0, 0.1) is 10.1 Å². The summed E-state index contributed by atoms with van der Waals surface area (Å²) in [4.78, 5) is 25.8. The Bertz CT molecular complexity index is 472. The molecule has 90 valence electrons. The van der Waals surface area contributed by atoms with E-state index < -0.39 is 4.92 Å². The number of hydrogen-bond acceptors (Lipinski definition) is 6. The van der Waals surface area contributed by atoms with Crippen molar-refractivity contribution < 1.29 is 9.72 Å². The summed E-state index contributed by atoms with van der Waals surface area (Å²) in [6.07, 6.45) is 1.64. The number of hydrogen-bond donors (Lipinski definition) is 2. The van der Waals surface area contributed by atoms with Crippen LogP contribution < -0.4 is 15.6 Å². The van der Waals surface area contributed by atoms with Gasteiger partial charge in [0.1, 0.15) is 6.20 Å². The van der Waals surface area contributed by atoms with E-state index in [-0.39, 0.29) is 5.00 Å². The Labute approximate surface area is 99.3 Å². The van der Waals surface area contributed by atoms with E-state index in [2.05, 4.69) is 20.8 Å². The lowest BCUT2D eigenvalue weighted by Crippen LogP contribution is -2.31. The molecule has 0 saturated carbocycles. The number of nitrogens with one attached hydrogen (secondary N) is 2. The summed E-state index contributed by atoms with van der Waals surface area (Å²) in [5.74, 6) is 0.418. The topological polar surface area (TPSA) is 113 Å². The highest BCUT2D eigenvalue weighted by Gasteiger charge is 2.24. The van der Waals surface area contributed by atoms with Crippen molar-refractivity contribution in [3.63, 3.8) is 0 Å². The normalized spacial score (nSPS) is 16.9. The first kappa shape index (κ1) is 11.3. The fraction of sp³-hybridized carbons (Fsp3) is 0.286. The van der Waals surface area contributed by atoms with E-state index in [9.17, 15) is 14.9 Å². The van der Waals surface area contributed by atoms with Gasteiger partial charge in [0.25, 0.3) is 0 Å². The molecule has 9 nitrogen and oxygen atoms in total. The molecule has 0 spiro atoms. The number of nitro groups is 1. The van der Waals surface area contributed by atoms with E-state index in [1.54, 1.807) is 4.90 Å². The van der Waals surface area contributed by atoms with E-state index in [0.29, 0.717) is 30.6 Å². The molecule has 1 aromatic rings. The molecule has 2 rings (SSSR count). The van der Waals surface area contributed by atoms with Crippen LogP contribution in [0.1, 0.15) is 0 Å². The van der Waals surface area contributed by atoms with Crippen LogP contribution in [0.3, 0.4) is 0 Å². The zero-order chi connectivity index (χ0) is 12.3. The second-order valence-electron chi connectivity index (χ2n) is 3.00. The molecule has 2 heterocycles. The molecule has 0 bridgehead atoms. The summed E-state index contributed by atoms with van der Waals surface area (Å²) < 4.78 is 0. The number of rotatable bonds is 4. The molecule has 1 fully saturated rings. The fourth-order valence-corrected chi connectivity index (χ4v) is 2.08.